The minimum absolute atomic E-state index is 0.0123. The van der Waals surface area contributed by atoms with Gasteiger partial charge in [0.15, 0.2) is 0 Å². The highest BCUT2D eigenvalue weighted by atomic mass is 16.4. The van der Waals surface area contributed by atoms with Crippen LogP contribution in [0.4, 0.5) is 0 Å². The first kappa shape index (κ1) is 22.1. The van der Waals surface area contributed by atoms with Crippen LogP contribution in [0.1, 0.15) is 32.4 Å². The summed E-state index contributed by atoms with van der Waals surface area (Å²) in [5.41, 5.74) is 6.37. The molecule has 1 rings (SSSR count). The number of aromatic nitrogens is 2. The number of nitrogens with two attached hydrogens (primary N) is 1. The van der Waals surface area contributed by atoms with E-state index in [1.54, 1.807) is 13.8 Å². The third kappa shape index (κ3) is 7.86. The van der Waals surface area contributed by atoms with Crippen LogP contribution in [0.25, 0.3) is 0 Å². The van der Waals surface area contributed by atoms with E-state index in [9.17, 15) is 24.3 Å². The molecule has 0 aliphatic carbocycles. The Morgan fingerprint density at radius 2 is 1.78 bits per heavy atom. The number of imidazole rings is 1. The summed E-state index contributed by atoms with van der Waals surface area (Å²) >= 11 is 0. The number of carboxylic acids is 2. The number of nitrogens with zero attached hydrogens (tertiary/aromatic N) is 1. The molecule has 0 aromatic carbocycles. The van der Waals surface area contributed by atoms with Gasteiger partial charge in [-0.3, -0.25) is 14.4 Å². The van der Waals surface area contributed by atoms with Gasteiger partial charge in [-0.2, -0.15) is 0 Å². The van der Waals surface area contributed by atoms with Crippen LogP contribution in [0.3, 0.4) is 0 Å². The standard InChI is InChI=1S/C16H25N5O6/c1-8(2)3-12(16(26)27)21-15(25)11(5-13(22)23)20-14(24)10(17)4-9-6-18-7-19-9/h6-8,10-12H,3-5,17H2,1-2H3,(H,18,19)(H,20,24)(H,21,25)(H,22,23)(H,26,27)/t10-,11-,12-/m0/s1. The molecular weight excluding hydrogens is 358 g/mol. The molecule has 0 bridgehead atoms. The summed E-state index contributed by atoms with van der Waals surface area (Å²) in [5, 5.41) is 22.7. The molecule has 150 valence electrons. The Hall–Kier alpha value is -2.95. The van der Waals surface area contributed by atoms with E-state index in [0.717, 1.165) is 0 Å². The smallest absolute Gasteiger partial charge is 0.326 e. The number of aliphatic carboxylic acids is 2. The number of carbonyl (C=O) groups is 4. The van der Waals surface area contributed by atoms with E-state index in [4.69, 9.17) is 10.8 Å². The summed E-state index contributed by atoms with van der Waals surface area (Å²) in [6, 6.07) is -3.68. The van der Waals surface area contributed by atoms with Crippen molar-refractivity contribution in [2.24, 2.45) is 11.7 Å². The zero-order valence-corrected chi connectivity index (χ0v) is 15.1. The zero-order chi connectivity index (χ0) is 20.6. The summed E-state index contributed by atoms with van der Waals surface area (Å²) in [7, 11) is 0. The number of carboxylic acid groups (broad SMARTS) is 2. The Labute approximate surface area is 155 Å². The fraction of sp³-hybridized carbons (Fsp3) is 0.562. The second-order valence-corrected chi connectivity index (χ2v) is 6.58. The van der Waals surface area contributed by atoms with Crippen molar-refractivity contribution in [3.8, 4) is 0 Å². The largest absolute Gasteiger partial charge is 0.481 e. The lowest BCUT2D eigenvalue weighted by Crippen LogP contribution is -2.55. The maximum atomic E-state index is 12.3. The first-order chi connectivity index (χ1) is 12.6. The number of carbonyl (C=O) groups excluding carboxylic acids is 2. The van der Waals surface area contributed by atoms with Crippen molar-refractivity contribution in [3.63, 3.8) is 0 Å². The molecule has 0 spiro atoms. The van der Waals surface area contributed by atoms with Crippen LogP contribution in [0.5, 0.6) is 0 Å². The lowest BCUT2D eigenvalue weighted by atomic mass is 10.0. The van der Waals surface area contributed by atoms with E-state index in [2.05, 4.69) is 20.6 Å². The van der Waals surface area contributed by atoms with Crippen LogP contribution in [0.2, 0.25) is 0 Å². The molecule has 1 aromatic rings. The lowest BCUT2D eigenvalue weighted by Gasteiger charge is -2.22. The minimum atomic E-state index is -1.45. The average Bonchev–Trinajstić information content (AvgIpc) is 3.05. The number of H-pyrrole nitrogens is 1. The van der Waals surface area contributed by atoms with Gasteiger partial charge in [-0.05, 0) is 12.3 Å². The summed E-state index contributed by atoms with van der Waals surface area (Å²) < 4.78 is 0. The highest BCUT2D eigenvalue weighted by Crippen LogP contribution is 2.06. The van der Waals surface area contributed by atoms with E-state index in [1.165, 1.54) is 12.5 Å². The molecule has 2 amide bonds. The molecule has 1 heterocycles. The van der Waals surface area contributed by atoms with Crippen LogP contribution in [-0.4, -0.2) is 62.1 Å². The molecule has 1 aromatic heterocycles. The number of amides is 2. The summed E-state index contributed by atoms with van der Waals surface area (Å²) in [5.74, 6) is -4.21. The third-order valence-electron chi connectivity index (χ3n) is 3.66. The molecule has 0 fully saturated rings. The first-order valence-corrected chi connectivity index (χ1v) is 8.38. The fourth-order valence-electron chi connectivity index (χ4n) is 2.35. The number of rotatable bonds is 11. The van der Waals surface area contributed by atoms with Gasteiger partial charge in [0.1, 0.15) is 12.1 Å². The van der Waals surface area contributed by atoms with E-state index in [-0.39, 0.29) is 18.8 Å². The molecule has 0 radical (unpaired) electrons. The molecule has 0 saturated carbocycles. The van der Waals surface area contributed by atoms with Crippen molar-refractivity contribution in [2.45, 2.75) is 51.2 Å². The van der Waals surface area contributed by atoms with Gasteiger partial charge in [0.2, 0.25) is 11.8 Å². The third-order valence-corrected chi connectivity index (χ3v) is 3.66. The molecule has 7 N–H and O–H groups in total. The van der Waals surface area contributed by atoms with Gasteiger partial charge in [0, 0.05) is 18.3 Å². The predicted molar refractivity (Wildman–Crippen MR) is 93.5 cm³/mol. The van der Waals surface area contributed by atoms with Crippen LogP contribution in [0.15, 0.2) is 12.5 Å². The Bertz CT molecular complexity index is 660. The number of hydrogen-bond acceptors (Lipinski definition) is 6. The molecule has 11 nitrogen and oxygen atoms in total. The van der Waals surface area contributed by atoms with Crippen LogP contribution in [0, 0.1) is 5.92 Å². The number of nitrogens with one attached hydrogen (secondary N) is 3. The normalized spacial score (nSPS) is 14.2. The van der Waals surface area contributed by atoms with Crippen molar-refractivity contribution < 1.29 is 29.4 Å². The van der Waals surface area contributed by atoms with Crippen molar-refractivity contribution >= 4 is 23.8 Å². The monoisotopic (exact) mass is 383 g/mol. The van der Waals surface area contributed by atoms with Crippen LogP contribution < -0.4 is 16.4 Å². The van der Waals surface area contributed by atoms with Gasteiger partial charge in [-0.15, -0.1) is 0 Å². The highest BCUT2D eigenvalue weighted by Gasteiger charge is 2.30. The molecule has 0 aliphatic rings. The van der Waals surface area contributed by atoms with Crippen molar-refractivity contribution in [3.05, 3.63) is 18.2 Å². The molecule has 11 heteroatoms. The van der Waals surface area contributed by atoms with Gasteiger partial charge in [0.05, 0.1) is 18.8 Å². The lowest BCUT2D eigenvalue weighted by molar-refractivity contribution is -0.143. The van der Waals surface area contributed by atoms with Gasteiger partial charge in [-0.1, -0.05) is 13.8 Å². The number of hydrogen-bond donors (Lipinski definition) is 6. The van der Waals surface area contributed by atoms with E-state index >= 15 is 0 Å². The predicted octanol–water partition coefficient (Wildman–Crippen LogP) is -1.15. The second-order valence-electron chi connectivity index (χ2n) is 6.58. The Morgan fingerprint density at radius 3 is 2.26 bits per heavy atom. The Kier molecular flexibility index (Phi) is 8.39. The zero-order valence-electron chi connectivity index (χ0n) is 15.1. The molecule has 0 saturated heterocycles. The second kappa shape index (κ2) is 10.3. The van der Waals surface area contributed by atoms with Crippen molar-refractivity contribution in [2.75, 3.05) is 0 Å². The molecule has 0 unspecified atom stereocenters. The SMILES string of the molecule is CC(C)C[C@H](NC(=O)[C@H](CC(=O)O)NC(=O)[C@@H](N)Cc1cnc[nH]1)C(=O)O. The molecule has 27 heavy (non-hydrogen) atoms. The summed E-state index contributed by atoms with van der Waals surface area (Å²) in [4.78, 5) is 53.4. The Balaban J connectivity index is 2.77. The van der Waals surface area contributed by atoms with Crippen molar-refractivity contribution in [1.29, 1.82) is 0 Å². The van der Waals surface area contributed by atoms with E-state index < -0.39 is 48.3 Å². The van der Waals surface area contributed by atoms with E-state index in [1.807, 2.05) is 0 Å². The summed E-state index contributed by atoms with van der Waals surface area (Å²) in [6.45, 7) is 3.57. The summed E-state index contributed by atoms with van der Waals surface area (Å²) in [6.07, 6.45) is 2.47. The van der Waals surface area contributed by atoms with E-state index in [0.29, 0.717) is 5.69 Å². The van der Waals surface area contributed by atoms with Gasteiger partial charge < -0.3 is 31.6 Å². The first-order valence-electron chi connectivity index (χ1n) is 8.38. The maximum Gasteiger partial charge on any atom is 0.326 e. The van der Waals surface area contributed by atoms with Crippen LogP contribution >= 0.6 is 0 Å². The maximum absolute atomic E-state index is 12.3. The topological polar surface area (TPSA) is 187 Å². The van der Waals surface area contributed by atoms with Gasteiger partial charge in [-0.25, -0.2) is 9.78 Å². The fourth-order valence-corrected chi connectivity index (χ4v) is 2.35. The quantitative estimate of drug-likeness (QED) is 0.276. The molecule has 0 aliphatic heterocycles. The highest BCUT2D eigenvalue weighted by molar-refractivity contribution is 5.93. The van der Waals surface area contributed by atoms with Gasteiger partial charge in [0.25, 0.3) is 0 Å². The minimum Gasteiger partial charge on any atom is -0.481 e. The Morgan fingerprint density at radius 1 is 1.15 bits per heavy atom. The molecular formula is C16H25N5O6. The molecule has 3 atom stereocenters. The average molecular weight is 383 g/mol. The number of aromatic amines is 1. The van der Waals surface area contributed by atoms with Crippen LogP contribution in [-0.2, 0) is 25.6 Å². The van der Waals surface area contributed by atoms with Crippen molar-refractivity contribution in [1.82, 2.24) is 20.6 Å². The van der Waals surface area contributed by atoms with Gasteiger partial charge >= 0.3 is 11.9 Å².